The summed E-state index contributed by atoms with van der Waals surface area (Å²) in [4.78, 5) is 16.8. The number of oxazole rings is 1. The van der Waals surface area contributed by atoms with E-state index in [9.17, 15) is 9.18 Å². The zero-order valence-corrected chi connectivity index (χ0v) is 15.9. The summed E-state index contributed by atoms with van der Waals surface area (Å²) < 4.78 is 18.7. The summed E-state index contributed by atoms with van der Waals surface area (Å²) >= 11 is 1.51. The van der Waals surface area contributed by atoms with Gasteiger partial charge in [-0.1, -0.05) is 30.0 Å². The van der Waals surface area contributed by atoms with Crippen LogP contribution in [0.5, 0.6) is 0 Å². The van der Waals surface area contributed by atoms with Crippen LogP contribution in [0.15, 0.2) is 76.4 Å². The third kappa shape index (κ3) is 4.23. The van der Waals surface area contributed by atoms with Crippen LogP contribution >= 0.6 is 11.8 Å². The highest BCUT2D eigenvalue weighted by Crippen LogP contribution is 2.27. The number of fused-ring (bicyclic) bond motifs is 1. The van der Waals surface area contributed by atoms with Crippen LogP contribution in [0.3, 0.4) is 0 Å². The van der Waals surface area contributed by atoms with E-state index in [4.69, 9.17) is 4.42 Å². The Morgan fingerprint density at radius 3 is 2.57 bits per heavy atom. The minimum atomic E-state index is -0.339. The minimum absolute atomic E-state index is 0.236. The number of anilines is 1. The van der Waals surface area contributed by atoms with E-state index in [1.54, 1.807) is 12.1 Å². The van der Waals surface area contributed by atoms with Crippen molar-refractivity contribution in [1.82, 2.24) is 4.98 Å². The van der Waals surface area contributed by atoms with Crippen molar-refractivity contribution < 1.29 is 13.6 Å². The average molecular weight is 392 g/mol. The summed E-state index contributed by atoms with van der Waals surface area (Å²) in [6.45, 7) is 2.02. The summed E-state index contributed by atoms with van der Waals surface area (Å²) in [5, 5.41) is 3.37. The summed E-state index contributed by atoms with van der Waals surface area (Å²) in [7, 11) is 0. The molecule has 140 valence electrons. The predicted molar refractivity (Wildman–Crippen MR) is 109 cm³/mol. The van der Waals surface area contributed by atoms with E-state index in [0.717, 1.165) is 22.2 Å². The van der Waals surface area contributed by atoms with E-state index in [0.29, 0.717) is 22.2 Å². The van der Waals surface area contributed by atoms with E-state index in [-0.39, 0.29) is 11.7 Å². The number of thioether (sulfide) groups is 1. The number of aryl methyl sites for hydroxylation is 1. The molecule has 0 atom stereocenters. The van der Waals surface area contributed by atoms with Crippen LogP contribution in [0.2, 0.25) is 0 Å². The van der Waals surface area contributed by atoms with Gasteiger partial charge in [0.2, 0.25) is 0 Å². The maximum Gasteiger partial charge on any atom is 0.257 e. The monoisotopic (exact) mass is 392 g/mol. The lowest BCUT2D eigenvalue weighted by Crippen LogP contribution is -2.11. The number of nitrogens with one attached hydrogen (secondary N) is 1. The lowest BCUT2D eigenvalue weighted by Gasteiger charge is -2.06. The SMILES string of the molecule is Cc1ccc2oc(SCc3ccc(C(=O)Nc4ccc(F)cc4)cc3)nc2c1. The Morgan fingerprint density at radius 2 is 1.82 bits per heavy atom. The number of amides is 1. The van der Waals surface area contributed by atoms with Crippen LogP contribution in [0.1, 0.15) is 21.5 Å². The molecule has 1 aromatic heterocycles. The second-order valence-electron chi connectivity index (χ2n) is 6.40. The third-order valence-corrected chi connectivity index (χ3v) is 5.10. The van der Waals surface area contributed by atoms with E-state index in [2.05, 4.69) is 10.3 Å². The fourth-order valence-electron chi connectivity index (χ4n) is 2.71. The Balaban J connectivity index is 1.38. The van der Waals surface area contributed by atoms with Crippen molar-refractivity contribution in [3.63, 3.8) is 0 Å². The van der Waals surface area contributed by atoms with Crippen molar-refractivity contribution in [2.75, 3.05) is 5.32 Å². The molecular weight excluding hydrogens is 375 g/mol. The molecule has 0 fully saturated rings. The fourth-order valence-corrected chi connectivity index (χ4v) is 3.51. The number of carbonyl (C=O) groups excluding carboxylic acids is 1. The van der Waals surface area contributed by atoms with Crippen molar-refractivity contribution in [2.24, 2.45) is 0 Å². The first kappa shape index (κ1) is 18.3. The molecule has 4 nitrogen and oxygen atoms in total. The Hall–Kier alpha value is -3.12. The molecule has 4 aromatic rings. The summed E-state index contributed by atoms with van der Waals surface area (Å²) in [5.74, 6) is 0.111. The van der Waals surface area contributed by atoms with Gasteiger partial charge >= 0.3 is 0 Å². The number of hydrogen-bond donors (Lipinski definition) is 1. The molecule has 6 heteroatoms. The second-order valence-corrected chi connectivity index (χ2v) is 7.32. The number of aromatic nitrogens is 1. The van der Waals surface area contributed by atoms with Crippen LogP contribution in [0, 0.1) is 12.7 Å². The van der Waals surface area contributed by atoms with Crippen molar-refractivity contribution in [2.45, 2.75) is 17.9 Å². The molecule has 0 bridgehead atoms. The van der Waals surface area contributed by atoms with Gasteiger partial charge in [-0.25, -0.2) is 9.37 Å². The molecule has 0 aliphatic heterocycles. The number of halogens is 1. The lowest BCUT2D eigenvalue weighted by molar-refractivity contribution is 0.102. The molecule has 0 saturated heterocycles. The molecular formula is C22H17FN2O2S. The highest BCUT2D eigenvalue weighted by atomic mass is 32.2. The van der Waals surface area contributed by atoms with E-state index >= 15 is 0 Å². The smallest absolute Gasteiger partial charge is 0.257 e. The molecule has 0 aliphatic carbocycles. The van der Waals surface area contributed by atoms with E-state index in [1.807, 2.05) is 37.3 Å². The van der Waals surface area contributed by atoms with Gasteiger partial charge < -0.3 is 9.73 Å². The minimum Gasteiger partial charge on any atom is -0.431 e. The first-order chi connectivity index (χ1) is 13.6. The van der Waals surface area contributed by atoms with Gasteiger partial charge in [-0.3, -0.25) is 4.79 Å². The molecule has 1 amide bonds. The summed E-state index contributed by atoms with van der Waals surface area (Å²) in [6.07, 6.45) is 0. The Bertz CT molecular complexity index is 1120. The van der Waals surface area contributed by atoms with Crippen molar-refractivity contribution in [1.29, 1.82) is 0 Å². The van der Waals surface area contributed by atoms with Gasteiger partial charge in [0.1, 0.15) is 11.3 Å². The number of benzene rings is 3. The standard InChI is InChI=1S/C22H17FN2O2S/c1-14-2-11-20-19(12-14)25-22(27-20)28-13-15-3-5-16(6-4-15)21(26)24-18-9-7-17(23)8-10-18/h2-12H,13H2,1H3,(H,24,26). The molecule has 0 radical (unpaired) electrons. The first-order valence-corrected chi connectivity index (χ1v) is 9.71. The van der Waals surface area contributed by atoms with Crippen LogP contribution in [-0.4, -0.2) is 10.9 Å². The van der Waals surface area contributed by atoms with Gasteiger partial charge in [0.15, 0.2) is 5.58 Å². The van der Waals surface area contributed by atoms with Crippen LogP contribution in [0.4, 0.5) is 10.1 Å². The van der Waals surface area contributed by atoms with E-state index < -0.39 is 0 Å². The summed E-state index contributed by atoms with van der Waals surface area (Å²) in [5.41, 5.74) is 4.93. The van der Waals surface area contributed by atoms with Crippen LogP contribution in [-0.2, 0) is 5.75 Å². The lowest BCUT2D eigenvalue weighted by atomic mass is 10.1. The zero-order chi connectivity index (χ0) is 19.5. The molecule has 0 aliphatic rings. The Kier molecular flexibility index (Phi) is 5.12. The number of hydrogen-bond acceptors (Lipinski definition) is 4. The maximum absolute atomic E-state index is 12.9. The predicted octanol–water partition coefficient (Wildman–Crippen LogP) is 5.82. The summed E-state index contributed by atoms with van der Waals surface area (Å²) in [6, 6.07) is 18.9. The normalized spacial score (nSPS) is 10.9. The van der Waals surface area contributed by atoms with Gasteiger partial charge in [0.05, 0.1) is 0 Å². The average Bonchev–Trinajstić information content (AvgIpc) is 3.10. The molecule has 28 heavy (non-hydrogen) atoms. The molecule has 0 spiro atoms. The number of rotatable bonds is 5. The molecule has 4 rings (SSSR count). The second kappa shape index (κ2) is 7.86. The highest BCUT2D eigenvalue weighted by Gasteiger charge is 2.09. The van der Waals surface area contributed by atoms with Gasteiger partial charge in [-0.2, -0.15) is 0 Å². The fraction of sp³-hybridized carbons (Fsp3) is 0.0909. The third-order valence-electron chi connectivity index (χ3n) is 4.20. The molecule has 1 heterocycles. The van der Waals surface area contributed by atoms with Gasteiger partial charge in [-0.05, 0) is 66.6 Å². The number of nitrogens with zero attached hydrogens (tertiary/aromatic N) is 1. The van der Waals surface area contributed by atoms with E-state index in [1.165, 1.54) is 36.0 Å². The highest BCUT2D eigenvalue weighted by molar-refractivity contribution is 7.98. The molecule has 0 unspecified atom stereocenters. The van der Waals surface area contributed by atoms with Crippen molar-refractivity contribution in [3.05, 3.63) is 89.2 Å². The topological polar surface area (TPSA) is 55.1 Å². The molecule has 3 aromatic carbocycles. The Labute approximate surface area is 165 Å². The zero-order valence-electron chi connectivity index (χ0n) is 15.1. The van der Waals surface area contributed by atoms with Crippen molar-refractivity contribution in [3.8, 4) is 0 Å². The van der Waals surface area contributed by atoms with Gasteiger partial charge in [-0.15, -0.1) is 0 Å². The molecule has 1 N–H and O–H groups in total. The first-order valence-electron chi connectivity index (χ1n) is 8.73. The largest absolute Gasteiger partial charge is 0.431 e. The van der Waals surface area contributed by atoms with Gasteiger partial charge in [0, 0.05) is 17.0 Å². The number of carbonyl (C=O) groups is 1. The Morgan fingerprint density at radius 1 is 1.07 bits per heavy atom. The van der Waals surface area contributed by atoms with Gasteiger partial charge in [0.25, 0.3) is 11.1 Å². The maximum atomic E-state index is 12.9. The van der Waals surface area contributed by atoms with Crippen LogP contribution < -0.4 is 5.32 Å². The quantitative estimate of drug-likeness (QED) is 0.435. The van der Waals surface area contributed by atoms with Crippen LogP contribution in [0.25, 0.3) is 11.1 Å². The van der Waals surface area contributed by atoms with Crippen molar-refractivity contribution >= 4 is 34.5 Å². The molecule has 0 saturated carbocycles.